The molecule has 0 spiro atoms. The van der Waals surface area contributed by atoms with Crippen LogP contribution < -0.4 is 5.43 Å². The fourth-order valence-electron chi connectivity index (χ4n) is 3.56. The summed E-state index contributed by atoms with van der Waals surface area (Å²) in [5.74, 6) is -0.737. The summed E-state index contributed by atoms with van der Waals surface area (Å²) >= 11 is 0. The van der Waals surface area contributed by atoms with Crippen LogP contribution in [-0.4, -0.2) is 30.2 Å². The number of amides is 1. The zero-order valence-electron chi connectivity index (χ0n) is 18.6. The van der Waals surface area contributed by atoms with Gasteiger partial charge in [-0.15, -0.1) is 0 Å². The Morgan fingerprint density at radius 2 is 1.73 bits per heavy atom. The first-order valence-corrected chi connectivity index (χ1v) is 10.5. The van der Waals surface area contributed by atoms with E-state index in [1.807, 2.05) is 38.1 Å². The number of rotatable bonds is 5. The second-order valence-electron chi connectivity index (χ2n) is 7.70. The van der Waals surface area contributed by atoms with Gasteiger partial charge in [-0.05, 0) is 55.3 Å². The minimum Gasteiger partial charge on any atom is -0.465 e. The third-order valence-corrected chi connectivity index (χ3v) is 5.34. The van der Waals surface area contributed by atoms with Crippen molar-refractivity contribution >= 4 is 29.0 Å². The van der Waals surface area contributed by atoms with Crippen LogP contribution in [0.5, 0.6) is 0 Å². The molecule has 0 bridgehead atoms. The normalized spacial score (nSPS) is 11.0. The van der Waals surface area contributed by atoms with Crippen LogP contribution in [0.1, 0.15) is 37.4 Å². The van der Waals surface area contributed by atoms with Crippen LogP contribution in [0.2, 0.25) is 0 Å². The smallest absolute Gasteiger partial charge is 0.337 e. The van der Waals surface area contributed by atoms with Gasteiger partial charge in [0.15, 0.2) is 0 Å². The van der Waals surface area contributed by atoms with Crippen molar-refractivity contribution in [2.75, 3.05) is 7.11 Å². The number of hydrogen-bond acceptors (Lipinski definition) is 5. The highest BCUT2D eigenvalue weighted by Gasteiger charge is 2.14. The van der Waals surface area contributed by atoms with E-state index in [1.54, 1.807) is 30.3 Å². The van der Waals surface area contributed by atoms with E-state index in [4.69, 9.17) is 9.72 Å². The highest BCUT2D eigenvalue weighted by atomic mass is 16.5. The van der Waals surface area contributed by atoms with Gasteiger partial charge < -0.3 is 4.74 Å². The molecule has 0 aliphatic carbocycles. The van der Waals surface area contributed by atoms with Crippen molar-refractivity contribution in [1.82, 2.24) is 10.4 Å². The van der Waals surface area contributed by atoms with E-state index >= 15 is 0 Å². The van der Waals surface area contributed by atoms with Crippen molar-refractivity contribution < 1.29 is 14.3 Å². The Morgan fingerprint density at radius 3 is 2.48 bits per heavy atom. The number of carbonyl (C=O) groups excluding carboxylic acids is 2. The highest BCUT2D eigenvalue weighted by Crippen LogP contribution is 2.28. The molecule has 0 saturated carbocycles. The fourth-order valence-corrected chi connectivity index (χ4v) is 3.56. The summed E-state index contributed by atoms with van der Waals surface area (Å²) in [6, 6.07) is 22.3. The van der Waals surface area contributed by atoms with E-state index < -0.39 is 5.97 Å². The molecule has 3 aromatic carbocycles. The van der Waals surface area contributed by atoms with Gasteiger partial charge in [-0.25, -0.2) is 15.2 Å². The van der Waals surface area contributed by atoms with Gasteiger partial charge in [-0.1, -0.05) is 48.0 Å². The van der Waals surface area contributed by atoms with Gasteiger partial charge >= 0.3 is 5.97 Å². The Labute approximate surface area is 191 Å². The molecule has 1 aromatic heterocycles. The summed E-state index contributed by atoms with van der Waals surface area (Å²) in [7, 11) is 1.34. The Kier molecular flexibility index (Phi) is 6.26. The number of aromatic nitrogens is 1. The van der Waals surface area contributed by atoms with Crippen LogP contribution in [0.4, 0.5) is 0 Å². The molecule has 4 aromatic rings. The average Bonchev–Trinajstić information content (AvgIpc) is 2.84. The predicted molar refractivity (Wildman–Crippen MR) is 129 cm³/mol. The summed E-state index contributed by atoms with van der Waals surface area (Å²) in [6.45, 7) is 4.06. The summed E-state index contributed by atoms with van der Waals surface area (Å²) in [4.78, 5) is 29.4. The van der Waals surface area contributed by atoms with Crippen molar-refractivity contribution in [2.45, 2.75) is 13.8 Å². The zero-order chi connectivity index (χ0) is 23.4. The molecule has 0 atom stereocenters. The molecule has 0 aliphatic heterocycles. The van der Waals surface area contributed by atoms with Crippen LogP contribution >= 0.6 is 0 Å². The van der Waals surface area contributed by atoms with Crippen molar-refractivity contribution in [3.8, 4) is 11.3 Å². The maximum atomic E-state index is 13.1. The Morgan fingerprint density at radius 1 is 0.970 bits per heavy atom. The molecule has 0 unspecified atom stereocenters. The summed E-state index contributed by atoms with van der Waals surface area (Å²) in [5.41, 5.74) is 8.96. The second kappa shape index (κ2) is 9.44. The first-order chi connectivity index (χ1) is 16.0. The maximum Gasteiger partial charge on any atom is 0.337 e. The molecule has 0 radical (unpaired) electrons. The SMILES string of the molecule is COC(=O)c1ccc(/C=N/NC(=O)c2cc(-c3cc(C)ccc3C)nc3ccccc23)cc1. The number of carbonyl (C=O) groups is 2. The minimum absolute atomic E-state index is 0.331. The number of methoxy groups -OCH3 is 1. The Bertz CT molecular complexity index is 1380. The van der Waals surface area contributed by atoms with E-state index in [2.05, 4.69) is 28.7 Å². The number of fused-ring (bicyclic) bond motifs is 1. The number of pyridine rings is 1. The topological polar surface area (TPSA) is 80.6 Å². The van der Waals surface area contributed by atoms with E-state index in [1.165, 1.54) is 13.3 Å². The lowest BCUT2D eigenvalue weighted by Crippen LogP contribution is -2.18. The van der Waals surface area contributed by atoms with Gasteiger partial charge in [0.1, 0.15) is 0 Å². The molecular formula is C27H23N3O3. The number of nitrogens with one attached hydrogen (secondary N) is 1. The number of hydrogen-bond donors (Lipinski definition) is 1. The predicted octanol–water partition coefficient (Wildman–Crippen LogP) is 5.07. The van der Waals surface area contributed by atoms with Crippen LogP contribution in [0.3, 0.4) is 0 Å². The van der Waals surface area contributed by atoms with E-state index in [9.17, 15) is 9.59 Å². The Hall–Kier alpha value is -4.32. The number of para-hydroxylation sites is 1. The van der Waals surface area contributed by atoms with Crippen molar-refractivity contribution in [3.05, 3.63) is 101 Å². The zero-order valence-corrected chi connectivity index (χ0v) is 18.6. The summed E-state index contributed by atoms with van der Waals surface area (Å²) < 4.78 is 4.69. The number of aryl methyl sites for hydroxylation is 2. The molecule has 1 amide bonds. The van der Waals surface area contributed by atoms with E-state index in [-0.39, 0.29) is 5.91 Å². The van der Waals surface area contributed by atoms with E-state index in [0.29, 0.717) is 11.1 Å². The standard InChI is InChI=1S/C27H23N3O3/c1-17-8-9-18(2)22(14-17)25-15-23(21-6-4-5-7-24(21)29-25)26(31)30-28-16-19-10-12-20(13-11-19)27(32)33-3/h4-16H,1-3H3,(H,30,31)/b28-16+. The molecular weight excluding hydrogens is 414 g/mol. The maximum absolute atomic E-state index is 13.1. The van der Waals surface area contributed by atoms with Gasteiger partial charge in [0.05, 0.1) is 35.7 Å². The highest BCUT2D eigenvalue weighted by molar-refractivity contribution is 6.07. The van der Waals surface area contributed by atoms with Crippen LogP contribution in [0, 0.1) is 13.8 Å². The third kappa shape index (κ3) is 4.80. The van der Waals surface area contributed by atoms with Crippen LogP contribution in [0.25, 0.3) is 22.2 Å². The molecule has 1 heterocycles. The van der Waals surface area contributed by atoms with Crippen molar-refractivity contribution in [1.29, 1.82) is 0 Å². The molecule has 6 heteroatoms. The lowest BCUT2D eigenvalue weighted by atomic mass is 9.99. The van der Waals surface area contributed by atoms with Gasteiger partial charge in [0.25, 0.3) is 5.91 Å². The van der Waals surface area contributed by atoms with Gasteiger partial charge in [0.2, 0.25) is 0 Å². The van der Waals surface area contributed by atoms with Crippen molar-refractivity contribution in [3.63, 3.8) is 0 Å². The second-order valence-corrected chi connectivity index (χ2v) is 7.70. The van der Waals surface area contributed by atoms with Gasteiger partial charge in [0, 0.05) is 10.9 Å². The minimum atomic E-state index is -0.406. The summed E-state index contributed by atoms with van der Waals surface area (Å²) in [6.07, 6.45) is 1.52. The molecule has 0 fully saturated rings. The van der Waals surface area contributed by atoms with Crippen LogP contribution in [-0.2, 0) is 4.74 Å². The average molecular weight is 437 g/mol. The van der Waals surface area contributed by atoms with Gasteiger partial charge in [-0.2, -0.15) is 5.10 Å². The van der Waals surface area contributed by atoms with Crippen LogP contribution in [0.15, 0.2) is 77.9 Å². The molecule has 0 aliphatic rings. The third-order valence-electron chi connectivity index (χ3n) is 5.34. The quantitative estimate of drug-likeness (QED) is 0.269. The first-order valence-electron chi connectivity index (χ1n) is 10.5. The Balaban J connectivity index is 1.63. The number of esters is 1. The molecule has 0 saturated heterocycles. The molecule has 164 valence electrons. The lowest BCUT2D eigenvalue weighted by Gasteiger charge is -2.11. The van der Waals surface area contributed by atoms with E-state index in [0.717, 1.165) is 38.9 Å². The van der Waals surface area contributed by atoms with Crippen molar-refractivity contribution in [2.24, 2.45) is 5.10 Å². The monoisotopic (exact) mass is 437 g/mol. The largest absolute Gasteiger partial charge is 0.465 e. The summed E-state index contributed by atoms with van der Waals surface area (Å²) in [5, 5.41) is 4.84. The number of ether oxygens (including phenoxy) is 1. The number of benzene rings is 3. The van der Waals surface area contributed by atoms with Gasteiger partial charge in [-0.3, -0.25) is 4.79 Å². The molecule has 4 rings (SSSR count). The number of nitrogens with zero attached hydrogens (tertiary/aromatic N) is 2. The fraction of sp³-hybridized carbons (Fsp3) is 0.111. The lowest BCUT2D eigenvalue weighted by molar-refractivity contribution is 0.0600. The molecule has 6 nitrogen and oxygen atoms in total. The number of hydrazone groups is 1. The molecule has 1 N–H and O–H groups in total. The molecule has 33 heavy (non-hydrogen) atoms. The first kappa shape index (κ1) is 21.9.